The third-order valence-electron chi connectivity index (χ3n) is 2.54. The minimum Gasteiger partial charge on any atom is -0.328 e. The van der Waals surface area contributed by atoms with Gasteiger partial charge in [-0.05, 0) is 18.2 Å². The third-order valence-corrected chi connectivity index (χ3v) is 3.66. The summed E-state index contributed by atoms with van der Waals surface area (Å²) in [5.74, 6) is 0. The van der Waals surface area contributed by atoms with Crippen molar-refractivity contribution >= 4 is 34.8 Å². The zero-order valence-electron chi connectivity index (χ0n) is 9.49. The molecule has 0 amide bonds. The van der Waals surface area contributed by atoms with Crippen LogP contribution in [0.5, 0.6) is 0 Å². The van der Waals surface area contributed by atoms with Crippen LogP contribution in [-0.4, -0.2) is 4.98 Å². The van der Waals surface area contributed by atoms with Gasteiger partial charge in [0.05, 0.1) is 15.1 Å². The number of pyridine rings is 1. The van der Waals surface area contributed by atoms with Crippen LogP contribution in [0.4, 0.5) is 13.2 Å². The molecule has 1 N–H and O–H groups in total. The smallest absolute Gasteiger partial charge is 0.328 e. The Kier molecular flexibility index (Phi) is 4.04. The summed E-state index contributed by atoms with van der Waals surface area (Å²) in [4.78, 5) is 13.2. The van der Waals surface area contributed by atoms with Gasteiger partial charge >= 0.3 is 6.18 Å². The molecular weight excluding hydrogens is 337 g/mol. The van der Waals surface area contributed by atoms with Gasteiger partial charge in [-0.15, -0.1) is 0 Å². The topological polar surface area (TPSA) is 32.9 Å². The van der Waals surface area contributed by atoms with E-state index in [2.05, 4.69) is 0 Å². The van der Waals surface area contributed by atoms with Gasteiger partial charge in [-0.1, -0.05) is 34.8 Å². The van der Waals surface area contributed by atoms with Crippen molar-refractivity contribution in [2.24, 2.45) is 0 Å². The normalized spacial score (nSPS) is 11.7. The summed E-state index contributed by atoms with van der Waals surface area (Å²) >= 11 is 17.7. The largest absolute Gasteiger partial charge is 0.421 e. The summed E-state index contributed by atoms with van der Waals surface area (Å²) in [7, 11) is 0. The van der Waals surface area contributed by atoms with Gasteiger partial charge in [-0.3, -0.25) is 4.79 Å². The van der Waals surface area contributed by atoms with Gasteiger partial charge in [-0.2, -0.15) is 13.2 Å². The van der Waals surface area contributed by atoms with Crippen LogP contribution in [0.1, 0.15) is 5.56 Å². The molecule has 2 aromatic rings. The molecule has 0 bridgehead atoms. The molecule has 20 heavy (non-hydrogen) atoms. The molecule has 8 heteroatoms. The molecule has 0 unspecified atom stereocenters. The maximum absolute atomic E-state index is 12.7. The van der Waals surface area contributed by atoms with Crippen LogP contribution < -0.4 is 5.56 Å². The highest BCUT2D eigenvalue weighted by Crippen LogP contribution is 2.39. The molecule has 1 heterocycles. The molecule has 0 atom stereocenters. The average molecular weight is 343 g/mol. The van der Waals surface area contributed by atoms with Crippen LogP contribution in [0, 0.1) is 0 Å². The fourth-order valence-electron chi connectivity index (χ4n) is 1.63. The first kappa shape index (κ1) is 15.2. The highest BCUT2D eigenvalue weighted by Gasteiger charge is 2.34. The first-order chi connectivity index (χ1) is 9.21. The van der Waals surface area contributed by atoms with Gasteiger partial charge in [0.25, 0.3) is 5.56 Å². The molecule has 0 saturated heterocycles. The Hall–Kier alpha value is -1.17. The lowest BCUT2D eigenvalue weighted by atomic mass is 10.1. The number of aromatic nitrogens is 1. The standard InChI is InChI=1S/C12H5Cl3F3NO/c13-7-1-2-8(14)10(15)9(7)5-3-6(12(16,17)18)11(20)19-4-5/h1-4H,(H,19,20). The van der Waals surface area contributed by atoms with Crippen molar-refractivity contribution in [3.8, 4) is 11.1 Å². The number of aromatic amines is 1. The Bertz CT molecular complexity index is 725. The Morgan fingerprint density at radius 2 is 1.65 bits per heavy atom. The maximum atomic E-state index is 12.7. The lowest BCUT2D eigenvalue weighted by Gasteiger charge is -2.11. The van der Waals surface area contributed by atoms with Crippen LogP contribution in [-0.2, 0) is 6.18 Å². The minimum atomic E-state index is -4.78. The van der Waals surface area contributed by atoms with Crippen molar-refractivity contribution in [3.05, 3.63) is 55.4 Å². The summed E-state index contributed by atoms with van der Waals surface area (Å²) < 4.78 is 38.1. The first-order valence-electron chi connectivity index (χ1n) is 5.15. The van der Waals surface area contributed by atoms with Crippen molar-refractivity contribution in [1.29, 1.82) is 0 Å². The number of nitrogens with one attached hydrogen (secondary N) is 1. The molecule has 2 nitrogen and oxygen atoms in total. The molecule has 0 aliphatic heterocycles. The van der Waals surface area contributed by atoms with Gasteiger partial charge in [-0.25, -0.2) is 0 Å². The van der Waals surface area contributed by atoms with E-state index in [1.165, 1.54) is 12.1 Å². The second kappa shape index (κ2) is 5.31. The van der Waals surface area contributed by atoms with Crippen LogP contribution in [0.15, 0.2) is 29.2 Å². The molecule has 2 rings (SSSR count). The summed E-state index contributed by atoms with van der Waals surface area (Å²) in [5, 5.41) is 0.282. The summed E-state index contributed by atoms with van der Waals surface area (Å²) in [6.45, 7) is 0. The number of alkyl halides is 3. The molecular formula is C12H5Cl3F3NO. The predicted octanol–water partition coefficient (Wildman–Crippen LogP) is 5.02. The van der Waals surface area contributed by atoms with E-state index in [0.29, 0.717) is 6.07 Å². The van der Waals surface area contributed by atoms with E-state index in [9.17, 15) is 18.0 Å². The Balaban J connectivity index is 2.73. The van der Waals surface area contributed by atoms with Crippen LogP contribution >= 0.6 is 34.8 Å². The van der Waals surface area contributed by atoms with Gasteiger partial charge in [0.2, 0.25) is 0 Å². The van der Waals surface area contributed by atoms with E-state index in [1.54, 1.807) is 0 Å². The molecule has 0 saturated carbocycles. The van der Waals surface area contributed by atoms with Crippen molar-refractivity contribution in [2.45, 2.75) is 6.18 Å². The first-order valence-corrected chi connectivity index (χ1v) is 6.29. The van der Waals surface area contributed by atoms with Crippen LogP contribution in [0.3, 0.4) is 0 Å². The molecule has 1 aromatic carbocycles. The Labute approximate surface area is 126 Å². The molecule has 0 radical (unpaired) electrons. The quantitative estimate of drug-likeness (QED) is 0.725. The molecule has 0 aliphatic carbocycles. The van der Waals surface area contributed by atoms with Crippen LogP contribution in [0.2, 0.25) is 15.1 Å². The van der Waals surface area contributed by atoms with Gasteiger partial charge in [0, 0.05) is 17.3 Å². The highest BCUT2D eigenvalue weighted by atomic mass is 35.5. The average Bonchev–Trinajstić information content (AvgIpc) is 2.35. The van der Waals surface area contributed by atoms with Gasteiger partial charge in [0.15, 0.2) is 0 Å². The predicted molar refractivity (Wildman–Crippen MR) is 72.5 cm³/mol. The summed E-state index contributed by atoms with van der Waals surface area (Å²) in [6.07, 6.45) is -3.68. The lowest BCUT2D eigenvalue weighted by Crippen LogP contribution is -2.21. The van der Waals surface area contributed by atoms with Gasteiger partial charge in [0.1, 0.15) is 5.56 Å². The zero-order chi connectivity index (χ0) is 15.1. The summed E-state index contributed by atoms with van der Waals surface area (Å²) in [5.41, 5.74) is -2.42. The van der Waals surface area contributed by atoms with E-state index in [1.807, 2.05) is 4.98 Å². The molecule has 1 aromatic heterocycles. The minimum absolute atomic E-state index is 0.0133. The van der Waals surface area contributed by atoms with Crippen molar-refractivity contribution < 1.29 is 13.2 Å². The number of halogens is 6. The zero-order valence-corrected chi connectivity index (χ0v) is 11.8. The van der Waals surface area contributed by atoms with E-state index in [-0.39, 0.29) is 26.2 Å². The van der Waals surface area contributed by atoms with Crippen molar-refractivity contribution in [3.63, 3.8) is 0 Å². The Morgan fingerprint density at radius 3 is 2.25 bits per heavy atom. The molecule has 0 spiro atoms. The Morgan fingerprint density at radius 1 is 1.05 bits per heavy atom. The van der Waals surface area contributed by atoms with Crippen LogP contribution in [0.25, 0.3) is 11.1 Å². The number of H-pyrrole nitrogens is 1. The maximum Gasteiger partial charge on any atom is 0.421 e. The fourth-order valence-corrected chi connectivity index (χ4v) is 2.38. The summed E-state index contributed by atoms with van der Waals surface area (Å²) in [6, 6.07) is 3.51. The monoisotopic (exact) mass is 341 g/mol. The van der Waals surface area contributed by atoms with Gasteiger partial charge < -0.3 is 4.98 Å². The molecule has 0 aliphatic rings. The number of benzene rings is 1. The highest BCUT2D eigenvalue weighted by molar-refractivity contribution is 6.46. The van der Waals surface area contributed by atoms with E-state index < -0.39 is 17.3 Å². The molecule has 0 fully saturated rings. The number of hydrogen-bond acceptors (Lipinski definition) is 1. The second-order valence-corrected chi connectivity index (χ2v) is 5.04. The third kappa shape index (κ3) is 2.80. The SMILES string of the molecule is O=c1[nH]cc(-c2c(Cl)ccc(Cl)c2Cl)cc1C(F)(F)F. The van der Waals surface area contributed by atoms with Crippen molar-refractivity contribution in [2.75, 3.05) is 0 Å². The number of rotatable bonds is 1. The molecule has 106 valence electrons. The van der Waals surface area contributed by atoms with E-state index in [0.717, 1.165) is 6.20 Å². The number of hydrogen-bond donors (Lipinski definition) is 1. The van der Waals surface area contributed by atoms with E-state index in [4.69, 9.17) is 34.8 Å². The van der Waals surface area contributed by atoms with E-state index >= 15 is 0 Å². The fraction of sp³-hybridized carbons (Fsp3) is 0.0833. The van der Waals surface area contributed by atoms with Crippen molar-refractivity contribution in [1.82, 2.24) is 4.98 Å². The second-order valence-electron chi connectivity index (χ2n) is 3.85. The lowest BCUT2D eigenvalue weighted by molar-refractivity contribution is -0.138.